The third-order valence-electron chi connectivity index (χ3n) is 5.53. The van der Waals surface area contributed by atoms with Crippen LogP contribution < -0.4 is 5.32 Å². The molecule has 0 bridgehead atoms. The Morgan fingerprint density at radius 1 is 1.00 bits per heavy atom. The number of fused-ring (bicyclic) bond motifs is 1. The number of hydrogen-bond donors (Lipinski definition) is 1. The Balaban J connectivity index is 1.64. The van der Waals surface area contributed by atoms with Crippen molar-refractivity contribution >= 4 is 22.6 Å². The second-order valence-corrected chi connectivity index (χ2v) is 8.27. The number of halogens is 2. The average Bonchev–Trinajstić information content (AvgIpc) is 3.48. The minimum atomic E-state index is -0.683. The number of benzene rings is 3. The topological polar surface area (TPSA) is 64.7 Å². The SMILES string of the molecule is CC(C)C(=O)Nc1cc(-c2ccc(F)cc2F)cc(-n2cnc3cc(-n4cccn4)ccc32)c1. The van der Waals surface area contributed by atoms with E-state index in [2.05, 4.69) is 15.4 Å². The lowest BCUT2D eigenvalue weighted by molar-refractivity contribution is -0.118. The van der Waals surface area contributed by atoms with Gasteiger partial charge in [0.15, 0.2) is 0 Å². The maximum Gasteiger partial charge on any atom is 0.226 e. The standard InChI is InChI=1S/C26H21F2N5O/c1-16(2)26(34)31-19-10-17(22-6-4-18(27)12-23(22)28)11-21(13-19)32-15-29-24-14-20(5-7-25(24)32)33-9-3-8-30-33/h3-16H,1-2H3,(H,31,34). The van der Waals surface area contributed by atoms with Gasteiger partial charge in [-0.25, -0.2) is 18.4 Å². The third kappa shape index (κ3) is 4.05. The summed E-state index contributed by atoms with van der Waals surface area (Å²) in [5.74, 6) is -1.73. The first-order valence-electron chi connectivity index (χ1n) is 10.8. The number of anilines is 1. The van der Waals surface area contributed by atoms with Gasteiger partial charge in [-0.1, -0.05) is 13.8 Å². The number of nitrogens with zero attached hydrogens (tertiary/aromatic N) is 4. The molecule has 0 aliphatic carbocycles. The quantitative estimate of drug-likeness (QED) is 0.365. The molecule has 8 heteroatoms. The van der Waals surface area contributed by atoms with E-state index in [1.807, 2.05) is 35.0 Å². The summed E-state index contributed by atoms with van der Waals surface area (Å²) in [6, 6.07) is 16.3. The van der Waals surface area contributed by atoms with E-state index in [1.165, 1.54) is 12.1 Å². The maximum atomic E-state index is 14.6. The lowest BCUT2D eigenvalue weighted by Crippen LogP contribution is -2.18. The second kappa shape index (κ2) is 8.55. The van der Waals surface area contributed by atoms with Crippen molar-refractivity contribution in [1.29, 1.82) is 0 Å². The molecule has 0 fully saturated rings. The van der Waals surface area contributed by atoms with Gasteiger partial charge in [-0.05, 0) is 60.2 Å². The van der Waals surface area contributed by atoms with Crippen molar-refractivity contribution < 1.29 is 13.6 Å². The van der Waals surface area contributed by atoms with Crippen molar-refractivity contribution in [2.75, 3.05) is 5.32 Å². The second-order valence-electron chi connectivity index (χ2n) is 8.27. The van der Waals surface area contributed by atoms with E-state index in [-0.39, 0.29) is 17.4 Å². The van der Waals surface area contributed by atoms with Crippen LogP contribution in [0.2, 0.25) is 0 Å². The van der Waals surface area contributed by atoms with E-state index < -0.39 is 11.6 Å². The van der Waals surface area contributed by atoms with Crippen molar-refractivity contribution in [1.82, 2.24) is 19.3 Å². The minimum Gasteiger partial charge on any atom is -0.326 e. The first-order valence-corrected chi connectivity index (χ1v) is 10.8. The molecule has 6 nitrogen and oxygen atoms in total. The van der Waals surface area contributed by atoms with E-state index in [0.29, 0.717) is 16.9 Å². The number of hydrogen-bond acceptors (Lipinski definition) is 3. The average molecular weight is 457 g/mol. The summed E-state index contributed by atoms with van der Waals surface area (Å²) >= 11 is 0. The summed E-state index contributed by atoms with van der Waals surface area (Å²) in [6.45, 7) is 3.58. The summed E-state index contributed by atoms with van der Waals surface area (Å²) in [5.41, 5.74) is 4.36. The zero-order valence-electron chi connectivity index (χ0n) is 18.5. The molecule has 0 saturated heterocycles. The van der Waals surface area contributed by atoms with E-state index in [0.717, 1.165) is 22.8 Å². The van der Waals surface area contributed by atoms with Crippen LogP contribution in [0.4, 0.5) is 14.5 Å². The highest BCUT2D eigenvalue weighted by Crippen LogP contribution is 2.31. The molecule has 1 amide bonds. The van der Waals surface area contributed by atoms with Gasteiger partial charge in [0.25, 0.3) is 0 Å². The number of amides is 1. The number of carbonyl (C=O) groups is 1. The van der Waals surface area contributed by atoms with Gasteiger partial charge in [0.1, 0.15) is 18.0 Å². The fraction of sp³-hybridized carbons (Fsp3) is 0.115. The number of carbonyl (C=O) groups excluding carboxylic acids is 1. The molecule has 0 aliphatic rings. The molecular formula is C26H21F2N5O. The molecule has 0 radical (unpaired) electrons. The molecule has 3 aromatic carbocycles. The highest BCUT2D eigenvalue weighted by atomic mass is 19.1. The normalized spacial score (nSPS) is 11.3. The Bertz CT molecular complexity index is 1510. The van der Waals surface area contributed by atoms with Gasteiger partial charge in [0.2, 0.25) is 5.91 Å². The van der Waals surface area contributed by atoms with Crippen LogP contribution in [0.25, 0.3) is 33.5 Å². The Hall–Kier alpha value is -4.33. The van der Waals surface area contributed by atoms with E-state index in [4.69, 9.17) is 0 Å². The molecule has 0 spiro atoms. The van der Waals surface area contributed by atoms with E-state index >= 15 is 0 Å². The number of rotatable bonds is 5. The molecule has 5 aromatic rings. The molecule has 0 atom stereocenters. The monoisotopic (exact) mass is 457 g/mol. The third-order valence-corrected chi connectivity index (χ3v) is 5.53. The Morgan fingerprint density at radius 2 is 1.85 bits per heavy atom. The van der Waals surface area contributed by atoms with Crippen LogP contribution in [0.15, 0.2) is 79.4 Å². The number of nitrogens with one attached hydrogen (secondary N) is 1. The van der Waals surface area contributed by atoms with Crippen LogP contribution in [-0.2, 0) is 4.79 Å². The molecule has 2 heterocycles. The van der Waals surface area contributed by atoms with Crippen molar-refractivity contribution in [3.8, 4) is 22.5 Å². The van der Waals surface area contributed by atoms with Crippen LogP contribution in [0.3, 0.4) is 0 Å². The van der Waals surface area contributed by atoms with Crippen LogP contribution in [0.5, 0.6) is 0 Å². The molecule has 0 saturated carbocycles. The highest BCUT2D eigenvalue weighted by molar-refractivity contribution is 5.93. The summed E-state index contributed by atoms with van der Waals surface area (Å²) in [5, 5.41) is 7.13. The van der Waals surface area contributed by atoms with Gasteiger partial charge in [-0.2, -0.15) is 5.10 Å². The maximum absolute atomic E-state index is 14.6. The van der Waals surface area contributed by atoms with Crippen LogP contribution in [0, 0.1) is 17.6 Å². The first kappa shape index (κ1) is 21.5. The van der Waals surface area contributed by atoms with Crippen LogP contribution >= 0.6 is 0 Å². The summed E-state index contributed by atoms with van der Waals surface area (Å²) < 4.78 is 31.7. The fourth-order valence-corrected chi connectivity index (χ4v) is 3.76. The Labute approximate surface area is 194 Å². The lowest BCUT2D eigenvalue weighted by Gasteiger charge is -2.14. The van der Waals surface area contributed by atoms with Gasteiger partial charge < -0.3 is 5.32 Å². The zero-order valence-corrected chi connectivity index (χ0v) is 18.5. The van der Waals surface area contributed by atoms with Gasteiger partial charge in [-0.3, -0.25) is 9.36 Å². The first-order chi connectivity index (χ1) is 16.4. The van der Waals surface area contributed by atoms with Crippen molar-refractivity contribution in [2.24, 2.45) is 5.92 Å². The minimum absolute atomic E-state index is 0.165. The Morgan fingerprint density at radius 3 is 2.59 bits per heavy atom. The lowest BCUT2D eigenvalue weighted by atomic mass is 10.0. The van der Waals surface area contributed by atoms with Gasteiger partial charge in [0, 0.05) is 41.3 Å². The zero-order chi connectivity index (χ0) is 23.8. The molecule has 1 N–H and O–H groups in total. The predicted molar refractivity (Wildman–Crippen MR) is 127 cm³/mol. The Kier molecular flexibility index (Phi) is 5.41. The van der Waals surface area contributed by atoms with Crippen LogP contribution in [0.1, 0.15) is 13.8 Å². The van der Waals surface area contributed by atoms with Crippen molar-refractivity contribution in [2.45, 2.75) is 13.8 Å². The predicted octanol–water partition coefficient (Wildman–Crippen LogP) is 5.75. The van der Waals surface area contributed by atoms with Gasteiger partial charge in [-0.15, -0.1) is 0 Å². The molecule has 0 aliphatic heterocycles. The molecular weight excluding hydrogens is 436 g/mol. The fourth-order valence-electron chi connectivity index (χ4n) is 3.76. The molecule has 2 aromatic heterocycles. The molecule has 170 valence electrons. The highest BCUT2D eigenvalue weighted by Gasteiger charge is 2.14. The van der Waals surface area contributed by atoms with Gasteiger partial charge in [0.05, 0.1) is 16.7 Å². The van der Waals surface area contributed by atoms with Gasteiger partial charge >= 0.3 is 0 Å². The summed E-state index contributed by atoms with van der Waals surface area (Å²) in [7, 11) is 0. The molecule has 34 heavy (non-hydrogen) atoms. The van der Waals surface area contributed by atoms with Crippen molar-refractivity contribution in [3.63, 3.8) is 0 Å². The van der Waals surface area contributed by atoms with Crippen molar-refractivity contribution in [3.05, 3.63) is 91.0 Å². The van der Waals surface area contributed by atoms with E-state index in [9.17, 15) is 13.6 Å². The summed E-state index contributed by atoms with van der Waals surface area (Å²) in [4.78, 5) is 16.9. The van der Waals surface area contributed by atoms with E-state index in [1.54, 1.807) is 49.3 Å². The molecule has 5 rings (SSSR count). The largest absolute Gasteiger partial charge is 0.326 e. The summed E-state index contributed by atoms with van der Waals surface area (Å²) in [6.07, 6.45) is 5.23. The molecule has 0 unspecified atom stereocenters. The number of aromatic nitrogens is 4. The van der Waals surface area contributed by atoms with Crippen LogP contribution in [-0.4, -0.2) is 25.2 Å². The smallest absolute Gasteiger partial charge is 0.226 e. The number of imidazole rings is 1.